The first kappa shape index (κ1) is 19.2. The van der Waals surface area contributed by atoms with Gasteiger partial charge in [-0.2, -0.15) is 0 Å². The number of anilines is 1. The van der Waals surface area contributed by atoms with Gasteiger partial charge < -0.3 is 14.5 Å². The smallest absolute Gasteiger partial charge is 0.259 e. The molecule has 0 radical (unpaired) electrons. The normalized spacial score (nSPS) is 15.9. The molecule has 0 bridgehead atoms. The van der Waals surface area contributed by atoms with Crippen LogP contribution in [0.3, 0.4) is 0 Å². The molecule has 2 unspecified atom stereocenters. The lowest BCUT2D eigenvalue weighted by Gasteiger charge is -2.27. The fourth-order valence-electron chi connectivity index (χ4n) is 2.08. The molecular formula is C17H30NO3P. The quantitative estimate of drug-likeness (QED) is 0.740. The monoisotopic (exact) mass is 327 g/mol. The van der Waals surface area contributed by atoms with E-state index in [1.807, 2.05) is 45.0 Å². The third-order valence-corrected chi connectivity index (χ3v) is 6.53. The van der Waals surface area contributed by atoms with E-state index in [1.54, 1.807) is 12.1 Å². The van der Waals surface area contributed by atoms with Gasteiger partial charge in [0.1, 0.15) is 5.85 Å². The maximum Gasteiger partial charge on any atom is 0.259 e. The number of hydrogen-bond donors (Lipinski definition) is 1. The Labute approximate surface area is 134 Å². The van der Waals surface area contributed by atoms with Crippen molar-refractivity contribution < 1.29 is 14.2 Å². The van der Waals surface area contributed by atoms with Gasteiger partial charge in [0.15, 0.2) is 0 Å². The van der Waals surface area contributed by atoms with Crippen LogP contribution in [0.4, 0.5) is 5.69 Å². The molecule has 0 aliphatic heterocycles. The molecule has 2 atom stereocenters. The molecule has 22 heavy (non-hydrogen) atoms. The summed E-state index contributed by atoms with van der Waals surface area (Å²) in [5.41, 5.74) is 1.02. The fourth-order valence-corrected chi connectivity index (χ4v) is 4.41. The molecule has 0 aliphatic rings. The molecular weight excluding hydrogens is 297 g/mol. The van der Waals surface area contributed by atoms with E-state index < -0.39 is 13.2 Å². The van der Waals surface area contributed by atoms with E-state index in [0.717, 1.165) is 12.1 Å². The van der Waals surface area contributed by atoms with Crippen molar-refractivity contribution in [3.8, 4) is 0 Å². The topological polar surface area (TPSA) is 49.8 Å². The summed E-state index contributed by atoms with van der Waals surface area (Å²) >= 11 is 0. The molecule has 0 saturated heterocycles. The molecule has 4 nitrogen and oxygen atoms in total. The molecule has 0 heterocycles. The van der Waals surface area contributed by atoms with Gasteiger partial charge in [0.25, 0.3) is 7.37 Å². The van der Waals surface area contributed by atoms with Crippen LogP contribution >= 0.6 is 7.37 Å². The Bertz CT molecular complexity index is 497. The van der Waals surface area contributed by atoms with Gasteiger partial charge in [0.2, 0.25) is 0 Å². The van der Waals surface area contributed by atoms with Crippen molar-refractivity contribution >= 4 is 18.4 Å². The molecule has 126 valence electrons. The average molecular weight is 327 g/mol. The predicted molar refractivity (Wildman–Crippen MR) is 94.3 cm³/mol. The molecule has 1 aromatic carbocycles. The van der Waals surface area contributed by atoms with Gasteiger partial charge in [0.05, 0.1) is 6.61 Å². The second-order valence-electron chi connectivity index (χ2n) is 6.68. The summed E-state index contributed by atoms with van der Waals surface area (Å²) in [6.45, 7) is 8.31. The molecule has 1 aromatic rings. The maximum absolute atomic E-state index is 13.3. The highest BCUT2D eigenvalue weighted by Crippen LogP contribution is 2.52. The molecule has 0 amide bonds. The zero-order valence-corrected chi connectivity index (χ0v) is 15.5. The highest BCUT2D eigenvalue weighted by atomic mass is 31.2. The lowest BCUT2D eigenvalue weighted by Crippen LogP contribution is -2.24. The van der Waals surface area contributed by atoms with Crippen LogP contribution < -0.4 is 10.2 Å². The third kappa shape index (κ3) is 4.84. The van der Waals surface area contributed by atoms with Crippen LogP contribution in [-0.2, 0) is 9.09 Å². The summed E-state index contributed by atoms with van der Waals surface area (Å²) in [6, 6.07) is 7.41. The van der Waals surface area contributed by atoms with Gasteiger partial charge in [-0.05, 0) is 42.5 Å². The third-order valence-electron chi connectivity index (χ3n) is 3.65. The zero-order chi connectivity index (χ0) is 16.9. The first-order chi connectivity index (χ1) is 10.2. The first-order valence-corrected chi connectivity index (χ1v) is 9.58. The van der Waals surface area contributed by atoms with Crippen molar-refractivity contribution in [2.75, 3.05) is 25.6 Å². The second-order valence-corrected chi connectivity index (χ2v) is 9.18. The minimum atomic E-state index is -3.29. The number of rotatable bonds is 8. The van der Waals surface area contributed by atoms with Crippen molar-refractivity contribution in [1.82, 2.24) is 0 Å². The van der Waals surface area contributed by atoms with Crippen LogP contribution in [0, 0.1) is 11.8 Å². The summed E-state index contributed by atoms with van der Waals surface area (Å²) in [7, 11) is 0.622. The van der Waals surface area contributed by atoms with Gasteiger partial charge in [-0.3, -0.25) is 4.57 Å². The van der Waals surface area contributed by atoms with Gasteiger partial charge in [-0.15, -0.1) is 0 Å². The van der Waals surface area contributed by atoms with E-state index in [-0.39, 0.29) is 5.92 Å². The summed E-state index contributed by atoms with van der Waals surface area (Å²) in [6.07, 6.45) is 0.824. The lowest BCUT2D eigenvalue weighted by molar-refractivity contribution is 0.169. The Morgan fingerprint density at radius 1 is 1.14 bits per heavy atom. The lowest BCUT2D eigenvalue weighted by atomic mass is 10.2. The minimum absolute atomic E-state index is 0.126. The molecule has 5 heteroatoms. The standard InChI is InChI=1S/C17H30NO3P/c1-13(2)11-12-21-22(20,17(19)14(3)4)16-9-7-15(8-10-16)18(5)6/h7-10,13-14,17,19H,11-12H2,1-6H3. The predicted octanol–water partition coefficient (Wildman–Crippen LogP) is 3.69. The van der Waals surface area contributed by atoms with Gasteiger partial charge in [-0.1, -0.05) is 27.7 Å². The van der Waals surface area contributed by atoms with E-state index in [1.165, 1.54) is 0 Å². The van der Waals surface area contributed by atoms with Crippen molar-refractivity contribution in [2.45, 2.75) is 40.0 Å². The van der Waals surface area contributed by atoms with E-state index in [4.69, 9.17) is 4.52 Å². The van der Waals surface area contributed by atoms with E-state index in [0.29, 0.717) is 17.8 Å². The highest BCUT2D eigenvalue weighted by molar-refractivity contribution is 7.67. The van der Waals surface area contributed by atoms with Crippen molar-refractivity contribution in [2.24, 2.45) is 11.8 Å². The summed E-state index contributed by atoms with van der Waals surface area (Å²) in [4.78, 5) is 1.98. The largest absolute Gasteiger partial charge is 0.382 e. The van der Waals surface area contributed by atoms with Crippen LogP contribution in [-0.4, -0.2) is 31.7 Å². The Balaban J connectivity index is 3.06. The van der Waals surface area contributed by atoms with Crippen LogP contribution in [0.15, 0.2) is 24.3 Å². The fraction of sp³-hybridized carbons (Fsp3) is 0.647. The van der Waals surface area contributed by atoms with Crippen molar-refractivity contribution in [1.29, 1.82) is 0 Å². The van der Waals surface area contributed by atoms with E-state index in [2.05, 4.69) is 13.8 Å². The minimum Gasteiger partial charge on any atom is -0.382 e. The Morgan fingerprint density at radius 3 is 2.09 bits per heavy atom. The van der Waals surface area contributed by atoms with E-state index >= 15 is 0 Å². The van der Waals surface area contributed by atoms with Crippen molar-refractivity contribution in [3.63, 3.8) is 0 Å². The molecule has 0 spiro atoms. The number of benzene rings is 1. The highest BCUT2D eigenvalue weighted by Gasteiger charge is 2.37. The molecule has 0 aromatic heterocycles. The number of aliphatic hydroxyl groups excluding tert-OH is 1. The summed E-state index contributed by atoms with van der Waals surface area (Å²) in [5, 5.41) is 11.0. The van der Waals surface area contributed by atoms with Crippen LogP contribution in [0.1, 0.15) is 34.1 Å². The SMILES string of the molecule is CC(C)CCOP(=O)(c1ccc(N(C)C)cc1)C(O)C(C)C. The summed E-state index contributed by atoms with van der Waals surface area (Å²) in [5.74, 6) is -0.635. The van der Waals surface area contributed by atoms with Crippen LogP contribution in [0.25, 0.3) is 0 Å². The second kappa shape index (κ2) is 8.14. The molecule has 0 fully saturated rings. The molecule has 0 saturated carbocycles. The average Bonchev–Trinajstić information content (AvgIpc) is 2.45. The zero-order valence-electron chi connectivity index (χ0n) is 14.6. The summed E-state index contributed by atoms with van der Waals surface area (Å²) < 4.78 is 19.1. The molecule has 0 aliphatic carbocycles. The maximum atomic E-state index is 13.3. The first-order valence-electron chi connectivity index (χ1n) is 7.88. The van der Waals surface area contributed by atoms with Gasteiger partial charge in [-0.25, -0.2) is 0 Å². The number of hydrogen-bond acceptors (Lipinski definition) is 4. The van der Waals surface area contributed by atoms with Gasteiger partial charge >= 0.3 is 0 Å². The van der Waals surface area contributed by atoms with Crippen molar-refractivity contribution in [3.05, 3.63) is 24.3 Å². The Morgan fingerprint density at radius 2 is 1.68 bits per heavy atom. The Kier molecular flexibility index (Phi) is 7.11. The molecule has 1 rings (SSSR count). The molecule has 1 N–H and O–H groups in total. The van der Waals surface area contributed by atoms with Crippen LogP contribution in [0.2, 0.25) is 0 Å². The van der Waals surface area contributed by atoms with Crippen LogP contribution in [0.5, 0.6) is 0 Å². The number of aliphatic hydroxyl groups is 1. The van der Waals surface area contributed by atoms with Gasteiger partial charge in [0, 0.05) is 25.1 Å². The Hall–Kier alpha value is -0.830. The van der Waals surface area contributed by atoms with E-state index in [9.17, 15) is 9.67 Å². The number of nitrogens with zero attached hydrogens (tertiary/aromatic N) is 1.